The van der Waals surface area contributed by atoms with Crippen LogP contribution >= 0.6 is 0 Å². The van der Waals surface area contributed by atoms with E-state index in [4.69, 9.17) is 10.8 Å². The molecular weight excluding hydrogens is 246 g/mol. The summed E-state index contributed by atoms with van der Waals surface area (Å²) in [4.78, 5) is 14.8. The van der Waals surface area contributed by atoms with Crippen LogP contribution in [-0.2, 0) is 0 Å². The molecule has 2 aromatic rings. The average molecular weight is 263 g/mol. The number of nitrogens with two attached hydrogens (primary N) is 1. The summed E-state index contributed by atoms with van der Waals surface area (Å²) in [6.45, 7) is 0.983. The third kappa shape index (κ3) is 2.86. The lowest BCUT2D eigenvalue weighted by molar-refractivity contribution is 0.00317. The zero-order valence-electron chi connectivity index (χ0n) is 10.6. The largest absolute Gasteiger partial charge is 0.397 e. The van der Waals surface area contributed by atoms with Crippen LogP contribution in [0.25, 0.3) is 10.9 Å². The number of hydrogen-bond acceptors (Lipinski definition) is 4. The van der Waals surface area contributed by atoms with E-state index in [9.17, 15) is 9.90 Å². The maximum absolute atomic E-state index is 11.9. The Balaban J connectivity index is 2.16. The number of amides is 1. The van der Waals surface area contributed by atoms with E-state index in [1.807, 2.05) is 12.1 Å². The van der Waals surface area contributed by atoms with Crippen molar-refractivity contribution in [3.05, 3.63) is 30.0 Å². The van der Waals surface area contributed by atoms with Crippen molar-refractivity contribution in [1.29, 1.82) is 0 Å². The van der Waals surface area contributed by atoms with Gasteiger partial charge in [-0.05, 0) is 19.1 Å². The number of nitrogens with one attached hydrogen (secondary N) is 2. The quantitative estimate of drug-likeness (QED) is 0.508. The lowest BCUT2D eigenvalue weighted by atomic mass is 10.1. The van der Waals surface area contributed by atoms with E-state index < -0.39 is 12.2 Å². The van der Waals surface area contributed by atoms with Crippen molar-refractivity contribution in [2.24, 2.45) is 0 Å². The van der Waals surface area contributed by atoms with Crippen LogP contribution in [0.2, 0.25) is 0 Å². The maximum Gasteiger partial charge on any atom is 0.267 e. The second-order valence-corrected chi connectivity index (χ2v) is 4.83. The SMILES string of the molecule is CC(O)(CO)CNC(=O)c1cc2cccc(N)c2[nH]1. The molecule has 0 bridgehead atoms. The number of aromatic amines is 1. The number of para-hydroxylation sites is 1. The molecule has 6 N–H and O–H groups in total. The Morgan fingerprint density at radius 2 is 2.26 bits per heavy atom. The average Bonchev–Trinajstić information content (AvgIpc) is 2.81. The van der Waals surface area contributed by atoms with Gasteiger partial charge in [0.2, 0.25) is 0 Å². The molecule has 1 atom stereocenters. The third-order valence-electron chi connectivity index (χ3n) is 2.90. The Morgan fingerprint density at radius 3 is 2.89 bits per heavy atom. The Morgan fingerprint density at radius 1 is 1.53 bits per heavy atom. The minimum atomic E-state index is -1.33. The van der Waals surface area contributed by atoms with Crippen molar-refractivity contribution in [1.82, 2.24) is 10.3 Å². The lowest BCUT2D eigenvalue weighted by Gasteiger charge is -2.20. The molecule has 0 saturated heterocycles. The first-order chi connectivity index (χ1) is 8.93. The summed E-state index contributed by atoms with van der Waals surface area (Å²) < 4.78 is 0. The van der Waals surface area contributed by atoms with Crippen LogP contribution in [0.5, 0.6) is 0 Å². The number of nitrogen functional groups attached to an aromatic ring is 1. The number of anilines is 1. The van der Waals surface area contributed by atoms with Crippen LogP contribution in [0.15, 0.2) is 24.3 Å². The van der Waals surface area contributed by atoms with Gasteiger partial charge in [-0.25, -0.2) is 0 Å². The van der Waals surface area contributed by atoms with Gasteiger partial charge in [-0.2, -0.15) is 0 Å². The zero-order chi connectivity index (χ0) is 14.0. The number of rotatable bonds is 4. The number of aromatic nitrogens is 1. The highest BCUT2D eigenvalue weighted by Gasteiger charge is 2.20. The van der Waals surface area contributed by atoms with Gasteiger partial charge in [0.1, 0.15) is 11.3 Å². The van der Waals surface area contributed by atoms with Crippen molar-refractivity contribution in [2.75, 3.05) is 18.9 Å². The zero-order valence-corrected chi connectivity index (χ0v) is 10.6. The minimum absolute atomic E-state index is 0.0345. The van der Waals surface area contributed by atoms with E-state index in [0.29, 0.717) is 16.9 Å². The lowest BCUT2D eigenvalue weighted by Crippen LogP contribution is -2.43. The summed E-state index contributed by atoms with van der Waals surface area (Å²) in [5, 5.41) is 21.9. The molecule has 0 aliphatic rings. The smallest absolute Gasteiger partial charge is 0.267 e. The highest BCUT2D eigenvalue weighted by atomic mass is 16.3. The molecule has 6 nitrogen and oxygen atoms in total. The number of fused-ring (bicyclic) bond motifs is 1. The number of benzene rings is 1. The highest BCUT2D eigenvalue weighted by Crippen LogP contribution is 2.21. The van der Waals surface area contributed by atoms with Crippen molar-refractivity contribution >= 4 is 22.5 Å². The Hall–Kier alpha value is -2.05. The molecule has 1 unspecified atom stereocenters. The summed E-state index contributed by atoms with van der Waals surface area (Å²) in [6.07, 6.45) is 0. The van der Waals surface area contributed by atoms with E-state index in [1.54, 1.807) is 12.1 Å². The van der Waals surface area contributed by atoms with Crippen molar-refractivity contribution < 1.29 is 15.0 Å². The molecule has 102 valence electrons. The molecule has 1 aromatic carbocycles. The third-order valence-corrected chi connectivity index (χ3v) is 2.90. The molecule has 0 saturated carbocycles. The minimum Gasteiger partial charge on any atom is -0.397 e. The van der Waals surface area contributed by atoms with Gasteiger partial charge < -0.3 is 26.2 Å². The van der Waals surface area contributed by atoms with Crippen LogP contribution in [0, 0.1) is 0 Å². The van der Waals surface area contributed by atoms with Crippen molar-refractivity contribution in [3.63, 3.8) is 0 Å². The summed E-state index contributed by atoms with van der Waals surface area (Å²) in [5.74, 6) is -0.357. The topological polar surface area (TPSA) is 111 Å². The number of carbonyl (C=O) groups excluding carboxylic acids is 1. The number of hydrogen-bond donors (Lipinski definition) is 5. The Kier molecular flexibility index (Phi) is 3.46. The van der Waals surface area contributed by atoms with Gasteiger partial charge in [0.25, 0.3) is 5.91 Å². The summed E-state index contributed by atoms with van der Waals surface area (Å²) >= 11 is 0. The summed E-state index contributed by atoms with van der Waals surface area (Å²) in [6, 6.07) is 7.10. The fourth-order valence-corrected chi connectivity index (χ4v) is 1.72. The van der Waals surface area contributed by atoms with E-state index in [0.717, 1.165) is 5.39 Å². The van der Waals surface area contributed by atoms with E-state index in [2.05, 4.69) is 10.3 Å². The van der Waals surface area contributed by atoms with E-state index in [-0.39, 0.29) is 12.5 Å². The second kappa shape index (κ2) is 4.91. The number of carbonyl (C=O) groups is 1. The molecule has 0 radical (unpaired) electrons. The van der Waals surface area contributed by atoms with E-state index in [1.165, 1.54) is 6.92 Å². The molecule has 19 heavy (non-hydrogen) atoms. The van der Waals surface area contributed by atoms with Gasteiger partial charge in [0.15, 0.2) is 0 Å². The first kappa shape index (κ1) is 13.4. The molecule has 0 fully saturated rings. The Labute approximate surface area is 110 Å². The fraction of sp³-hybridized carbons (Fsp3) is 0.308. The molecular formula is C13H17N3O3. The second-order valence-electron chi connectivity index (χ2n) is 4.83. The highest BCUT2D eigenvalue weighted by molar-refractivity contribution is 6.00. The van der Waals surface area contributed by atoms with Crippen LogP contribution < -0.4 is 11.1 Å². The van der Waals surface area contributed by atoms with E-state index >= 15 is 0 Å². The summed E-state index contributed by atoms with van der Waals surface area (Å²) in [5.41, 5.74) is 6.11. The monoisotopic (exact) mass is 263 g/mol. The first-order valence-corrected chi connectivity index (χ1v) is 5.91. The van der Waals surface area contributed by atoms with Crippen molar-refractivity contribution in [3.8, 4) is 0 Å². The normalized spacial score (nSPS) is 14.3. The first-order valence-electron chi connectivity index (χ1n) is 5.91. The fourth-order valence-electron chi connectivity index (χ4n) is 1.72. The van der Waals surface area contributed by atoms with Gasteiger partial charge in [-0.1, -0.05) is 12.1 Å². The predicted molar refractivity (Wildman–Crippen MR) is 72.8 cm³/mol. The van der Waals surface area contributed by atoms with Gasteiger partial charge in [-0.15, -0.1) is 0 Å². The van der Waals surface area contributed by atoms with Gasteiger partial charge in [-0.3, -0.25) is 4.79 Å². The Bertz CT molecular complexity index is 604. The molecule has 2 rings (SSSR count). The molecule has 0 spiro atoms. The predicted octanol–water partition coefficient (Wildman–Crippen LogP) is 0.223. The van der Waals surface area contributed by atoms with Crippen LogP contribution in [0.3, 0.4) is 0 Å². The van der Waals surface area contributed by atoms with Gasteiger partial charge >= 0.3 is 0 Å². The molecule has 1 heterocycles. The van der Waals surface area contributed by atoms with Crippen molar-refractivity contribution in [2.45, 2.75) is 12.5 Å². The van der Waals surface area contributed by atoms with Crippen LogP contribution in [-0.4, -0.2) is 39.9 Å². The number of aliphatic hydroxyl groups is 2. The van der Waals surface area contributed by atoms with Crippen LogP contribution in [0.1, 0.15) is 17.4 Å². The van der Waals surface area contributed by atoms with Gasteiger partial charge in [0.05, 0.1) is 17.8 Å². The molecule has 1 amide bonds. The molecule has 1 aromatic heterocycles. The van der Waals surface area contributed by atoms with Gasteiger partial charge in [0, 0.05) is 11.9 Å². The molecule has 0 aliphatic heterocycles. The standard InChI is InChI=1S/C13H17N3O3/c1-13(19,7-17)6-15-12(18)10-5-8-3-2-4-9(14)11(8)16-10/h2-5,16-17,19H,6-7,14H2,1H3,(H,15,18). The number of H-pyrrole nitrogens is 1. The molecule has 6 heteroatoms. The van der Waals surface area contributed by atoms with Crippen LogP contribution in [0.4, 0.5) is 5.69 Å². The number of aliphatic hydroxyl groups excluding tert-OH is 1. The maximum atomic E-state index is 11.9. The molecule has 0 aliphatic carbocycles. The summed E-state index contributed by atoms with van der Waals surface area (Å²) in [7, 11) is 0.